The Hall–Kier alpha value is -3.16. The summed E-state index contributed by atoms with van der Waals surface area (Å²) >= 11 is 7.94. The Bertz CT molecular complexity index is 1080. The number of allylic oxidation sites excluding steroid dienone is 1. The summed E-state index contributed by atoms with van der Waals surface area (Å²) in [5.41, 5.74) is 8.25. The van der Waals surface area contributed by atoms with Crippen LogP contribution in [-0.2, 0) is 4.79 Å². The zero-order valence-corrected chi connectivity index (χ0v) is 18.0. The van der Waals surface area contributed by atoms with Gasteiger partial charge in [-0.3, -0.25) is 4.79 Å². The van der Waals surface area contributed by atoms with Gasteiger partial charge in [0.25, 0.3) is 0 Å². The molecular weight excluding hydrogens is 420 g/mol. The van der Waals surface area contributed by atoms with Crippen LogP contribution in [0.25, 0.3) is 22.1 Å². The summed E-state index contributed by atoms with van der Waals surface area (Å²) < 4.78 is 5.58. The summed E-state index contributed by atoms with van der Waals surface area (Å²) in [6.07, 6.45) is 6.39. The van der Waals surface area contributed by atoms with Gasteiger partial charge in [0.15, 0.2) is 0 Å². The average molecular weight is 441 g/mol. The molecule has 0 radical (unpaired) electrons. The molecule has 3 aromatic rings. The van der Waals surface area contributed by atoms with Gasteiger partial charge in [-0.05, 0) is 54.5 Å². The minimum absolute atomic E-state index is 0.240. The van der Waals surface area contributed by atoms with E-state index >= 15 is 0 Å². The summed E-state index contributed by atoms with van der Waals surface area (Å²) in [5, 5.41) is 3.15. The lowest BCUT2D eigenvalue weighted by Gasteiger charge is -2.08. The van der Waals surface area contributed by atoms with Crippen LogP contribution in [0.4, 0.5) is 5.82 Å². The van der Waals surface area contributed by atoms with Gasteiger partial charge in [-0.1, -0.05) is 18.2 Å². The molecule has 154 valence electrons. The van der Waals surface area contributed by atoms with Crippen LogP contribution in [0.3, 0.4) is 0 Å². The second-order valence-corrected chi connectivity index (χ2v) is 7.94. The van der Waals surface area contributed by atoms with Crippen molar-refractivity contribution in [1.82, 2.24) is 15.3 Å². The molecule has 8 heteroatoms. The Morgan fingerprint density at radius 1 is 1.30 bits per heavy atom. The molecule has 0 saturated carbocycles. The molecule has 0 fully saturated rings. The summed E-state index contributed by atoms with van der Waals surface area (Å²) in [6.45, 7) is 6.49. The van der Waals surface area contributed by atoms with E-state index in [1.165, 1.54) is 6.08 Å². The number of rotatable bonds is 8. The number of aromatic nitrogens is 2. The Morgan fingerprint density at radius 2 is 2.13 bits per heavy atom. The van der Waals surface area contributed by atoms with E-state index in [-0.39, 0.29) is 12.5 Å². The maximum Gasteiger partial charge on any atom is 0.244 e. The third-order valence-corrected chi connectivity index (χ3v) is 5.56. The van der Waals surface area contributed by atoms with Crippen molar-refractivity contribution in [2.75, 3.05) is 18.9 Å². The maximum absolute atomic E-state index is 11.9. The molecule has 0 spiro atoms. The molecule has 0 aliphatic carbocycles. The predicted octanol–water partition coefficient (Wildman–Crippen LogP) is 4.68. The number of carbonyl (C=O) groups excluding carboxylic acids is 1. The van der Waals surface area contributed by atoms with E-state index in [0.29, 0.717) is 23.3 Å². The van der Waals surface area contributed by atoms with Crippen LogP contribution in [0.1, 0.15) is 17.4 Å². The Kier molecular flexibility index (Phi) is 7.21. The van der Waals surface area contributed by atoms with Crippen LogP contribution in [0, 0.1) is 0 Å². The fourth-order valence-electron chi connectivity index (χ4n) is 2.46. The lowest BCUT2D eigenvalue weighted by atomic mass is 10.2. The SMILES string of the molecule is C=C(C)c1ccc(-c2cnc(OCCNC(=O)/C=C/c3ccc(N)nc3)c(Cl)c2)s1. The van der Waals surface area contributed by atoms with Crippen molar-refractivity contribution in [1.29, 1.82) is 0 Å². The highest BCUT2D eigenvalue weighted by Crippen LogP contribution is 2.34. The fourth-order valence-corrected chi connectivity index (χ4v) is 3.59. The van der Waals surface area contributed by atoms with Gasteiger partial charge < -0.3 is 15.8 Å². The van der Waals surface area contributed by atoms with E-state index < -0.39 is 0 Å². The van der Waals surface area contributed by atoms with Gasteiger partial charge in [0.2, 0.25) is 11.8 Å². The molecule has 0 aromatic carbocycles. The van der Waals surface area contributed by atoms with Crippen LogP contribution in [0.2, 0.25) is 5.02 Å². The number of hydrogen-bond donors (Lipinski definition) is 2. The number of nitrogen functional groups attached to an aromatic ring is 1. The van der Waals surface area contributed by atoms with Gasteiger partial charge in [-0.25, -0.2) is 9.97 Å². The first-order valence-corrected chi connectivity index (χ1v) is 10.3. The number of anilines is 1. The number of hydrogen-bond acceptors (Lipinski definition) is 6. The summed E-state index contributed by atoms with van der Waals surface area (Å²) in [7, 11) is 0. The average Bonchev–Trinajstić information content (AvgIpc) is 3.22. The molecule has 0 aliphatic rings. The van der Waals surface area contributed by atoms with E-state index in [4.69, 9.17) is 22.1 Å². The number of pyridine rings is 2. The number of nitrogens with one attached hydrogen (secondary N) is 1. The highest BCUT2D eigenvalue weighted by atomic mass is 35.5. The number of thiophene rings is 1. The molecule has 3 aromatic heterocycles. The molecule has 0 saturated heterocycles. The first kappa shape index (κ1) is 21.5. The van der Waals surface area contributed by atoms with Gasteiger partial charge in [0, 0.05) is 33.8 Å². The number of carbonyl (C=O) groups is 1. The van der Waals surface area contributed by atoms with Crippen molar-refractivity contribution in [3.63, 3.8) is 0 Å². The van der Waals surface area contributed by atoms with Crippen molar-refractivity contribution < 1.29 is 9.53 Å². The quantitative estimate of drug-likeness (QED) is 0.392. The highest BCUT2D eigenvalue weighted by molar-refractivity contribution is 7.16. The second kappa shape index (κ2) is 10.0. The smallest absolute Gasteiger partial charge is 0.244 e. The van der Waals surface area contributed by atoms with Crippen LogP contribution < -0.4 is 15.8 Å². The zero-order chi connectivity index (χ0) is 21.5. The lowest BCUT2D eigenvalue weighted by Crippen LogP contribution is -2.26. The predicted molar refractivity (Wildman–Crippen MR) is 123 cm³/mol. The van der Waals surface area contributed by atoms with Gasteiger partial charge in [-0.15, -0.1) is 11.3 Å². The van der Waals surface area contributed by atoms with Gasteiger partial charge >= 0.3 is 0 Å². The third kappa shape index (κ3) is 5.92. The van der Waals surface area contributed by atoms with Crippen LogP contribution in [-0.4, -0.2) is 29.0 Å². The van der Waals surface area contributed by atoms with Crippen LogP contribution >= 0.6 is 22.9 Å². The normalized spacial score (nSPS) is 10.9. The highest BCUT2D eigenvalue weighted by Gasteiger charge is 2.09. The Balaban J connectivity index is 1.48. The van der Waals surface area contributed by atoms with E-state index in [2.05, 4.69) is 21.9 Å². The Labute approximate surface area is 184 Å². The van der Waals surface area contributed by atoms with Crippen molar-refractivity contribution in [3.8, 4) is 16.3 Å². The second-order valence-electron chi connectivity index (χ2n) is 6.44. The zero-order valence-electron chi connectivity index (χ0n) is 16.4. The van der Waals surface area contributed by atoms with Crippen LogP contribution in [0.15, 0.2) is 55.4 Å². The monoisotopic (exact) mass is 440 g/mol. The summed E-state index contributed by atoms with van der Waals surface area (Å²) in [4.78, 5) is 22.3. The maximum atomic E-state index is 11.9. The van der Waals surface area contributed by atoms with E-state index in [1.54, 1.807) is 41.9 Å². The minimum Gasteiger partial charge on any atom is -0.475 e. The molecule has 0 bridgehead atoms. The largest absolute Gasteiger partial charge is 0.475 e. The van der Waals surface area contributed by atoms with E-state index in [9.17, 15) is 4.79 Å². The van der Waals surface area contributed by atoms with Crippen LogP contribution in [0.5, 0.6) is 5.88 Å². The van der Waals surface area contributed by atoms with Crippen molar-refractivity contribution >= 4 is 46.3 Å². The van der Waals surface area contributed by atoms with Gasteiger partial charge in [0.1, 0.15) is 17.4 Å². The summed E-state index contributed by atoms with van der Waals surface area (Å²) in [6, 6.07) is 9.32. The number of ether oxygens (including phenoxy) is 1. The molecule has 6 nitrogen and oxygen atoms in total. The molecular formula is C22H21ClN4O2S. The van der Waals surface area contributed by atoms with E-state index in [0.717, 1.165) is 26.5 Å². The number of amides is 1. The van der Waals surface area contributed by atoms with Gasteiger partial charge in [0.05, 0.1) is 6.54 Å². The van der Waals surface area contributed by atoms with Crippen molar-refractivity contribution in [3.05, 3.63) is 70.8 Å². The first-order chi connectivity index (χ1) is 14.4. The Morgan fingerprint density at radius 3 is 2.80 bits per heavy atom. The number of halogens is 1. The molecule has 3 rings (SSSR count). The lowest BCUT2D eigenvalue weighted by molar-refractivity contribution is -0.116. The topological polar surface area (TPSA) is 90.1 Å². The minimum atomic E-state index is -0.240. The molecule has 0 atom stereocenters. The number of nitrogens with zero attached hydrogens (tertiary/aromatic N) is 2. The summed E-state index contributed by atoms with van der Waals surface area (Å²) in [5.74, 6) is 0.520. The number of nitrogens with two attached hydrogens (primary N) is 1. The molecule has 30 heavy (non-hydrogen) atoms. The standard InChI is InChI=1S/C22H21ClN4O2S/c1-14(2)18-5-6-19(30-18)16-11-17(23)22(27-13-16)29-10-9-25-21(28)8-4-15-3-7-20(24)26-12-15/h3-8,11-13H,1,9-10H2,2H3,(H2,24,26)(H,25,28)/b8-4+. The first-order valence-electron chi connectivity index (χ1n) is 9.14. The molecule has 0 unspecified atom stereocenters. The third-order valence-electron chi connectivity index (χ3n) is 4.00. The molecule has 3 N–H and O–H groups in total. The van der Waals surface area contributed by atoms with E-state index in [1.807, 2.05) is 25.1 Å². The van der Waals surface area contributed by atoms with Crippen molar-refractivity contribution in [2.24, 2.45) is 0 Å². The van der Waals surface area contributed by atoms with Crippen molar-refractivity contribution in [2.45, 2.75) is 6.92 Å². The fraction of sp³-hybridized carbons (Fsp3) is 0.136. The molecule has 3 heterocycles. The molecule has 1 amide bonds. The molecule has 0 aliphatic heterocycles. The van der Waals surface area contributed by atoms with Gasteiger partial charge in [-0.2, -0.15) is 0 Å².